The van der Waals surface area contributed by atoms with Gasteiger partial charge >= 0.3 is 5.97 Å². The van der Waals surface area contributed by atoms with Crippen molar-refractivity contribution in [2.24, 2.45) is 0 Å². The van der Waals surface area contributed by atoms with Gasteiger partial charge in [0.25, 0.3) is 0 Å². The number of aryl methyl sites for hydroxylation is 1. The number of hydrogen-bond acceptors (Lipinski definition) is 5. The van der Waals surface area contributed by atoms with Crippen LogP contribution < -0.4 is 5.32 Å². The smallest absolute Gasteiger partial charge is 0.306 e. The summed E-state index contributed by atoms with van der Waals surface area (Å²) in [4.78, 5) is 15.4. The van der Waals surface area contributed by atoms with Crippen LogP contribution in [-0.2, 0) is 11.3 Å². The van der Waals surface area contributed by atoms with Crippen LogP contribution in [-0.4, -0.2) is 33.8 Å². The fourth-order valence-corrected chi connectivity index (χ4v) is 1.89. The lowest BCUT2D eigenvalue weighted by Gasteiger charge is -2.07. The zero-order valence-corrected chi connectivity index (χ0v) is 9.25. The summed E-state index contributed by atoms with van der Waals surface area (Å²) in [6.45, 7) is 2.82. The molecule has 0 aromatic carbocycles. The predicted molar refractivity (Wildman–Crippen MR) is 56.8 cm³/mol. The fourth-order valence-electron chi connectivity index (χ4n) is 1.12. The molecular weight excluding hydrogens is 216 g/mol. The Morgan fingerprint density at radius 1 is 1.73 bits per heavy atom. The van der Waals surface area contributed by atoms with E-state index in [1.807, 2.05) is 6.92 Å². The summed E-state index contributed by atoms with van der Waals surface area (Å²) in [5.74, 6) is -0.988. The molecule has 0 saturated carbocycles. The van der Waals surface area contributed by atoms with E-state index < -0.39 is 12.1 Å². The van der Waals surface area contributed by atoms with Crippen LogP contribution in [0.4, 0.5) is 0 Å². The first-order valence-electron chi connectivity index (χ1n) is 4.60. The SMILES string of the molecule is Cc1ncc(CNCC(O)CC(=O)O)s1. The van der Waals surface area contributed by atoms with Crippen molar-refractivity contribution in [3.63, 3.8) is 0 Å². The first-order valence-corrected chi connectivity index (χ1v) is 5.41. The van der Waals surface area contributed by atoms with Crippen molar-refractivity contribution in [3.05, 3.63) is 16.1 Å². The van der Waals surface area contributed by atoms with Crippen molar-refractivity contribution in [2.45, 2.75) is 26.0 Å². The molecule has 0 aliphatic carbocycles. The summed E-state index contributed by atoms with van der Waals surface area (Å²) in [7, 11) is 0. The van der Waals surface area contributed by atoms with E-state index in [-0.39, 0.29) is 13.0 Å². The van der Waals surface area contributed by atoms with Gasteiger partial charge in [0, 0.05) is 24.2 Å². The van der Waals surface area contributed by atoms with Gasteiger partial charge in [-0.05, 0) is 6.92 Å². The van der Waals surface area contributed by atoms with E-state index in [4.69, 9.17) is 5.11 Å². The predicted octanol–water partition coefficient (Wildman–Crippen LogP) is 0.377. The van der Waals surface area contributed by atoms with Crippen molar-refractivity contribution < 1.29 is 15.0 Å². The maximum absolute atomic E-state index is 10.3. The minimum Gasteiger partial charge on any atom is -0.481 e. The van der Waals surface area contributed by atoms with Crippen LogP contribution >= 0.6 is 11.3 Å². The number of thiazole rings is 1. The van der Waals surface area contributed by atoms with Gasteiger partial charge < -0.3 is 15.5 Å². The molecule has 6 heteroatoms. The molecule has 1 atom stereocenters. The molecular formula is C9H14N2O3S. The fraction of sp³-hybridized carbons (Fsp3) is 0.556. The van der Waals surface area contributed by atoms with Crippen molar-refractivity contribution >= 4 is 17.3 Å². The number of rotatable bonds is 6. The molecule has 0 saturated heterocycles. The molecule has 0 radical (unpaired) electrons. The average Bonchev–Trinajstić information content (AvgIpc) is 2.50. The van der Waals surface area contributed by atoms with E-state index in [1.54, 1.807) is 17.5 Å². The second-order valence-corrected chi connectivity index (χ2v) is 4.55. The number of aliphatic carboxylic acids is 1. The van der Waals surface area contributed by atoms with Gasteiger partial charge in [0.15, 0.2) is 0 Å². The molecule has 0 amide bonds. The number of nitrogens with one attached hydrogen (secondary N) is 1. The maximum atomic E-state index is 10.3. The molecule has 0 bridgehead atoms. The number of aliphatic hydroxyl groups is 1. The molecule has 1 aromatic heterocycles. The minimum atomic E-state index is -0.988. The Balaban J connectivity index is 2.18. The second kappa shape index (κ2) is 5.79. The van der Waals surface area contributed by atoms with Crippen LogP contribution in [0.1, 0.15) is 16.3 Å². The molecule has 1 aromatic rings. The zero-order valence-electron chi connectivity index (χ0n) is 8.43. The molecule has 1 rings (SSSR count). The third kappa shape index (κ3) is 4.87. The van der Waals surface area contributed by atoms with Crippen molar-refractivity contribution in [2.75, 3.05) is 6.54 Å². The lowest BCUT2D eigenvalue weighted by atomic mass is 10.2. The van der Waals surface area contributed by atoms with Gasteiger partial charge in [0.2, 0.25) is 0 Å². The molecule has 5 nitrogen and oxygen atoms in total. The number of hydrogen-bond donors (Lipinski definition) is 3. The van der Waals surface area contributed by atoms with Crippen LogP contribution in [0.5, 0.6) is 0 Å². The van der Waals surface area contributed by atoms with Crippen LogP contribution in [0, 0.1) is 6.92 Å². The molecule has 0 spiro atoms. The summed E-state index contributed by atoms with van der Waals surface area (Å²) < 4.78 is 0. The Bertz CT molecular complexity index is 327. The highest BCUT2D eigenvalue weighted by Crippen LogP contribution is 2.10. The van der Waals surface area contributed by atoms with E-state index in [0.717, 1.165) is 9.88 Å². The number of carbonyl (C=O) groups is 1. The standard InChI is InChI=1S/C9H14N2O3S/c1-6-11-5-8(15-6)4-10-3-7(12)2-9(13)14/h5,7,10,12H,2-4H2,1H3,(H,13,14). The normalized spacial score (nSPS) is 12.7. The van der Waals surface area contributed by atoms with Crippen LogP contribution in [0.2, 0.25) is 0 Å². The first kappa shape index (κ1) is 12.1. The first-order chi connectivity index (χ1) is 7.08. The Morgan fingerprint density at radius 3 is 3.00 bits per heavy atom. The quantitative estimate of drug-likeness (QED) is 0.658. The summed E-state index contributed by atoms with van der Waals surface area (Å²) >= 11 is 1.58. The van der Waals surface area contributed by atoms with Gasteiger partial charge in [-0.25, -0.2) is 4.98 Å². The topological polar surface area (TPSA) is 82.5 Å². The summed E-state index contributed by atoms with van der Waals surface area (Å²) in [5, 5.41) is 21.6. The molecule has 84 valence electrons. The molecule has 0 aliphatic rings. The van der Waals surface area contributed by atoms with Crippen LogP contribution in [0.15, 0.2) is 6.20 Å². The van der Waals surface area contributed by atoms with Crippen LogP contribution in [0.3, 0.4) is 0 Å². The second-order valence-electron chi connectivity index (χ2n) is 3.23. The van der Waals surface area contributed by atoms with E-state index in [2.05, 4.69) is 10.3 Å². The summed E-state index contributed by atoms with van der Waals surface area (Å²) in [6.07, 6.45) is 0.710. The number of aromatic nitrogens is 1. The van der Waals surface area contributed by atoms with Gasteiger partial charge in [-0.3, -0.25) is 4.79 Å². The van der Waals surface area contributed by atoms with Crippen molar-refractivity contribution in [3.8, 4) is 0 Å². The van der Waals surface area contributed by atoms with Gasteiger partial charge in [0.1, 0.15) is 0 Å². The highest BCUT2D eigenvalue weighted by Gasteiger charge is 2.08. The van der Waals surface area contributed by atoms with Gasteiger partial charge in [0.05, 0.1) is 17.5 Å². The van der Waals surface area contributed by atoms with E-state index in [1.165, 1.54) is 0 Å². The van der Waals surface area contributed by atoms with Gasteiger partial charge in [-0.2, -0.15) is 0 Å². The number of aliphatic hydroxyl groups excluding tert-OH is 1. The largest absolute Gasteiger partial charge is 0.481 e. The molecule has 3 N–H and O–H groups in total. The summed E-state index contributed by atoms with van der Waals surface area (Å²) in [6, 6.07) is 0. The molecule has 15 heavy (non-hydrogen) atoms. The molecule has 1 unspecified atom stereocenters. The molecule has 0 fully saturated rings. The number of carboxylic acids is 1. The van der Waals surface area contributed by atoms with Crippen molar-refractivity contribution in [1.29, 1.82) is 0 Å². The van der Waals surface area contributed by atoms with Gasteiger partial charge in [-0.15, -0.1) is 11.3 Å². The Kier molecular flexibility index (Phi) is 4.67. The Labute approximate surface area is 91.8 Å². The van der Waals surface area contributed by atoms with E-state index in [0.29, 0.717) is 6.54 Å². The van der Waals surface area contributed by atoms with Crippen LogP contribution in [0.25, 0.3) is 0 Å². The highest BCUT2D eigenvalue weighted by atomic mass is 32.1. The van der Waals surface area contributed by atoms with E-state index >= 15 is 0 Å². The molecule has 1 heterocycles. The third-order valence-electron chi connectivity index (χ3n) is 1.76. The zero-order chi connectivity index (χ0) is 11.3. The number of carboxylic acid groups (broad SMARTS) is 1. The van der Waals surface area contributed by atoms with E-state index in [9.17, 15) is 9.90 Å². The molecule has 0 aliphatic heterocycles. The van der Waals surface area contributed by atoms with Crippen molar-refractivity contribution in [1.82, 2.24) is 10.3 Å². The minimum absolute atomic E-state index is 0.227. The van der Waals surface area contributed by atoms with Gasteiger partial charge in [-0.1, -0.05) is 0 Å². The maximum Gasteiger partial charge on any atom is 0.306 e. The number of nitrogens with zero attached hydrogens (tertiary/aromatic N) is 1. The lowest BCUT2D eigenvalue weighted by molar-refractivity contribution is -0.139. The lowest BCUT2D eigenvalue weighted by Crippen LogP contribution is -2.28. The Morgan fingerprint density at radius 2 is 2.47 bits per heavy atom. The third-order valence-corrected chi connectivity index (χ3v) is 2.67. The monoisotopic (exact) mass is 230 g/mol. The average molecular weight is 230 g/mol. The highest BCUT2D eigenvalue weighted by molar-refractivity contribution is 7.11. The Hall–Kier alpha value is -0.980. The summed E-state index contributed by atoms with van der Waals surface area (Å²) in [5.41, 5.74) is 0.